The molecule has 6 nitrogen and oxygen atoms in total. The lowest BCUT2D eigenvalue weighted by Crippen LogP contribution is -2.44. The van der Waals surface area contributed by atoms with Crippen molar-refractivity contribution in [3.05, 3.63) is 33.8 Å². The van der Waals surface area contributed by atoms with Gasteiger partial charge in [0.05, 0.1) is 16.5 Å². The molecule has 0 saturated carbocycles. The van der Waals surface area contributed by atoms with Crippen molar-refractivity contribution in [2.45, 2.75) is 39.2 Å². The Balaban J connectivity index is 1.64. The Hall–Kier alpha value is -1.79. The van der Waals surface area contributed by atoms with Crippen molar-refractivity contribution in [2.75, 3.05) is 32.7 Å². The van der Waals surface area contributed by atoms with Crippen molar-refractivity contribution < 1.29 is 14.4 Å². The fourth-order valence-electron chi connectivity index (χ4n) is 3.95. The molecule has 158 valence electrons. The van der Waals surface area contributed by atoms with Gasteiger partial charge in [0.1, 0.15) is 0 Å². The fraction of sp³-hybridized carbons (Fsp3) is 0.571. The largest absolute Gasteiger partial charge is 0.341 e. The third kappa shape index (κ3) is 4.86. The van der Waals surface area contributed by atoms with Gasteiger partial charge in [0.25, 0.3) is 5.91 Å². The van der Waals surface area contributed by atoms with E-state index >= 15 is 0 Å². The van der Waals surface area contributed by atoms with Gasteiger partial charge in [0.15, 0.2) is 0 Å². The third-order valence-electron chi connectivity index (χ3n) is 5.54. The van der Waals surface area contributed by atoms with Crippen LogP contribution in [0.15, 0.2) is 18.2 Å². The Labute approximate surface area is 181 Å². The molecule has 2 heterocycles. The van der Waals surface area contributed by atoms with Crippen molar-refractivity contribution in [2.24, 2.45) is 5.92 Å². The first-order valence-corrected chi connectivity index (χ1v) is 10.7. The molecular formula is C21H27Cl2N3O3. The van der Waals surface area contributed by atoms with E-state index in [1.54, 1.807) is 32.9 Å². The van der Waals surface area contributed by atoms with E-state index < -0.39 is 0 Å². The van der Waals surface area contributed by atoms with Gasteiger partial charge < -0.3 is 14.7 Å². The van der Waals surface area contributed by atoms with Crippen LogP contribution in [0.2, 0.25) is 10.0 Å². The van der Waals surface area contributed by atoms with E-state index in [0.29, 0.717) is 54.8 Å². The van der Waals surface area contributed by atoms with Crippen LogP contribution in [-0.2, 0) is 9.59 Å². The number of benzene rings is 1. The van der Waals surface area contributed by atoms with Crippen LogP contribution < -0.4 is 0 Å². The summed E-state index contributed by atoms with van der Waals surface area (Å²) < 4.78 is 0. The first-order valence-electron chi connectivity index (χ1n) is 9.91. The van der Waals surface area contributed by atoms with Crippen molar-refractivity contribution in [1.82, 2.24) is 14.7 Å². The Morgan fingerprint density at radius 3 is 2.34 bits per heavy atom. The number of hydrogen-bond acceptors (Lipinski definition) is 3. The van der Waals surface area contributed by atoms with Crippen LogP contribution in [0.1, 0.15) is 44.0 Å². The van der Waals surface area contributed by atoms with Crippen LogP contribution in [0.4, 0.5) is 0 Å². The molecule has 0 aromatic heterocycles. The van der Waals surface area contributed by atoms with Crippen molar-refractivity contribution in [3.63, 3.8) is 0 Å². The van der Waals surface area contributed by atoms with Gasteiger partial charge in [-0.1, -0.05) is 23.2 Å². The Kier molecular flexibility index (Phi) is 6.44. The van der Waals surface area contributed by atoms with E-state index in [0.717, 1.165) is 0 Å². The third-order valence-corrected chi connectivity index (χ3v) is 6.10. The summed E-state index contributed by atoms with van der Waals surface area (Å²) in [6.07, 6.45) is 0.937. The predicted molar refractivity (Wildman–Crippen MR) is 113 cm³/mol. The van der Waals surface area contributed by atoms with E-state index in [1.807, 2.05) is 20.8 Å². The molecule has 0 bridgehead atoms. The number of halogens is 2. The lowest BCUT2D eigenvalue weighted by molar-refractivity contribution is -0.135. The number of hydrogen-bond donors (Lipinski definition) is 0. The number of likely N-dealkylation sites (tertiary alicyclic amines) is 1. The van der Waals surface area contributed by atoms with Crippen molar-refractivity contribution >= 4 is 40.9 Å². The van der Waals surface area contributed by atoms with Gasteiger partial charge in [-0.15, -0.1) is 0 Å². The number of carbonyl (C=O) groups is 3. The van der Waals surface area contributed by atoms with Gasteiger partial charge in [-0.25, -0.2) is 0 Å². The predicted octanol–water partition coefficient (Wildman–Crippen LogP) is 3.31. The summed E-state index contributed by atoms with van der Waals surface area (Å²) in [5.74, 6) is -0.466. The van der Waals surface area contributed by atoms with Crippen molar-refractivity contribution in [1.29, 1.82) is 0 Å². The van der Waals surface area contributed by atoms with E-state index in [-0.39, 0.29) is 35.6 Å². The highest BCUT2D eigenvalue weighted by molar-refractivity contribution is 6.35. The molecule has 0 N–H and O–H groups in total. The standard InChI is InChI=1S/C21H27Cl2N3O3/c1-21(2,3)26-13-14(11-18(26)27)19(28)24-7-4-8-25(10-9-24)20(29)16-12-15(22)5-6-17(16)23/h5-6,12,14H,4,7-11,13H2,1-3H3. The van der Waals surface area contributed by atoms with Gasteiger partial charge >= 0.3 is 0 Å². The fourth-order valence-corrected chi connectivity index (χ4v) is 4.32. The zero-order valence-electron chi connectivity index (χ0n) is 17.1. The van der Waals surface area contributed by atoms with E-state index in [4.69, 9.17) is 23.2 Å². The van der Waals surface area contributed by atoms with E-state index in [2.05, 4.69) is 0 Å². The van der Waals surface area contributed by atoms with Gasteiger partial charge in [-0.2, -0.15) is 0 Å². The molecule has 3 rings (SSSR count). The van der Waals surface area contributed by atoms with Gasteiger partial charge in [0.2, 0.25) is 11.8 Å². The molecule has 2 saturated heterocycles. The zero-order chi connectivity index (χ0) is 21.3. The Morgan fingerprint density at radius 2 is 1.69 bits per heavy atom. The smallest absolute Gasteiger partial charge is 0.255 e. The number of rotatable bonds is 2. The van der Waals surface area contributed by atoms with Crippen LogP contribution >= 0.6 is 23.2 Å². The van der Waals surface area contributed by atoms with Crippen LogP contribution in [-0.4, -0.2) is 70.7 Å². The molecule has 1 aromatic rings. The average Bonchev–Trinajstić information content (AvgIpc) is 2.89. The second-order valence-electron chi connectivity index (χ2n) is 8.67. The maximum atomic E-state index is 13.0. The number of carbonyl (C=O) groups excluding carboxylic acids is 3. The maximum absolute atomic E-state index is 13.0. The molecule has 2 fully saturated rings. The zero-order valence-corrected chi connectivity index (χ0v) is 18.6. The van der Waals surface area contributed by atoms with Gasteiger partial charge in [-0.3, -0.25) is 14.4 Å². The molecule has 0 radical (unpaired) electrons. The molecular weight excluding hydrogens is 413 g/mol. The minimum Gasteiger partial charge on any atom is -0.341 e. The summed E-state index contributed by atoms with van der Waals surface area (Å²) in [7, 11) is 0. The van der Waals surface area contributed by atoms with Gasteiger partial charge in [-0.05, 0) is 45.4 Å². The summed E-state index contributed by atoms with van der Waals surface area (Å²) in [5, 5.41) is 0.821. The highest BCUT2D eigenvalue weighted by atomic mass is 35.5. The molecule has 29 heavy (non-hydrogen) atoms. The van der Waals surface area contributed by atoms with E-state index in [9.17, 15) is 14.4 Å². The summed E-state index contributed by atoms with van der Waals surface area (Å²) in [6, 6.07) is 4.83. The van der Waals surface area contributed by atoms with Crippen LogP contribution in [0, 0.1) is 5.92 Å². The van der Waals surface area contributed by atoms with Crippen LogP contribution in [0.25, 0.3) is 0 Å². The molecule has 8 heteroatoms. The molecule has 1 aromatic carbocycles. The molecule has 2 aliphatic rings. The summed E-state index contributed by atoms with van der Waals surface area (Å²) in [4.78, 5) is 43.5. The Morgan fingerprint density at radius 1 is 1.03 bits per heavy atom. The van der Waals surface area contributed by atoms with Crippen LogP contribution in [0.3, 0.4) is 0 Å². The monoisotopic (exact) mass is 439 g/mol. The lowest BCUT2D eigenvalue weighted by atomic mass is 10.1. The first kappa shape index (κ1) is 21.9. The highest BCUT2D eigenvalue weighted by Crippen LogP contribution is 2.28. The molecule has 0 spiro atoms. The van der Waals surface area contributed by atoms with Crippen molar-refractivity contribution in [3.8, 4) is 0 Å². The van der Waals surface area contributed by atoms with E-state index in [1.165, 1.54) is 0 Å². The summed E-state index contributed by atoms with van der Waals surface area (Å²) >= 11 is 12.2. The molecule has 0 aliphatic carbocycles. The topological polar surface area (TPSA) is 60.9 Å². The molecule has 2 aliphatic heterocycles. The Bertz CT molecular complexity index is 822. The minimum absolute atomic E-state index is 0.000173. The second kappa shape index (κ2) is 8.52. The maximum Gasteiger partial charge on any atom is 0.255 e. The SMILES string of the molecule is CC(C)(C)N1CC(C(=O)N2CCCN(C(=O)c3cc(Cl)ccc3Cl)CC2)CC1=O. The van der Waals surface area contributed by atoms with Crippen LogP contribution in [0.5, 0.6) is 0 Å². The highest BCUT2D eigenvalue weighted by Gasteiger charge is 2.41. The molecule has 1 unspecified atom stereocenters. The lowest BCUT2D eigenvalue weighted by Gasteiger charge is -2.32. The minimum atomic E-state index is -0.314. The summed E-state index contributed by atoms with van der Waals surface area (Å²) in [6.45, 7) is 8.39. The quantitative estimate of drug-likeness (QED) is 0.709. The summed E-state index contributed by atoms with van der Waals surface area (Å²) in [5.41, 5.74) is 0.0887. The number of nitrogens with zero attached hydrogens (tertiary/aromatic N) is 3. The average molecular weight is 440 g/mol. The first-order chi connectivity index (χ1) is 13.6. The molecule has 1 atom stereocenters. The van der Waals surface area contributed by atoms with Gasteiger partial charge in [0, 0.05) is 49.7 Å². The normalized spacial score (nSPS) is 20.8. The second-order valence-corrected chi connectivity index (χ2v) is 9.52. The molecule has 3 amide bonds. The number of amides is 3.